The highest BCUT2D eigenvalue weighted by molar-refractivity contribution is 6.05. The fourth-order valence-electron chi connectivity index (χ4n) is 7.19. The van der Waals surface area contributed by atoms with Gasteiger partial charge in [0.2, 0.25) is 0 Å². The topological polar surface area (TPSA) is 37.3 Å². The smallest absolute Gasteiger partial charge is 0.165 e. The van der Waals surface area contributed by atoms with Gasteiger partial charge in [-0.3, -0.25) is 4.79 Å². The van der Waals surface area contributed by atoms with Crippen molar-refractivity contribution >= 4 is 11.9 Å². The van der Waals surface area contributed by atoms with Gasteiger partial charge < -0.3 is 5.11 Å². The molecular formula is C26H32O2. The number of aliphatic hydroxyl groups is 1. The van der Waals surface area contributed by atoms with Crippen molar-refractivity contribution in [1.29, 1.82) is 0 Å². The van der Waals surface area contributed by atoms with E-state index in [2.05, 4.69) is 38.1 Å². The fraction of sp³-hybridized carbons (Fsp3) is 0.577. The standard InChI is InChI=1S/C26H32O2/c1-25-12-10-20(27)16-19(25)8-9-21-22(25)11-13-26(2)23(21)15-18(24(26)28)14-17-6-4-3-5-7-17/h3-8,14,20-23,27H,9-13,15-16H2,1-2H3/b18-14+/t20-,21-,22+,23+,25+,26+/m1/s1. The first-order valence-electron chi connectivity index (χ1n) is 11.1. The van der Waals surface area contributed by atoms with Crippen molar-refractivity contribution in [2.45, 2.75) is 64.9 Å². The second-order valence-corrected chi connectivity index (χ2v) is 10.2. The van der Waals surface area contributed by atoms with Crippen LogP contribution in [0.15, 0.2) is 47.6 Å². The van der Waals surface area contributed by atoms with Crippen LogP contribution >= 0.6 is 0 Å². The normalized spacial score (nSPS) is 43.9. The predicted octanol–water partition coefficient (Wildman–Crippen LogP) is 5.57. The fourth-order valence-corrected chi connectivity index (χ4v) is 7.19. The van der Waals surface area contributed by atoms with E-state index in [-0.39, 0.29) is 16.9 Å². The molecule has 0 aliphatic heterocycles. The van der Waals surface area contributed by atoms with Crippen molar-refractivity contribution in [3.8, 4) is 0 Å². The van der Waals surface area contributed by atoms with E-state index < -0.39 is 0 Å². The maximum Gasteiger partial charge on any atom is 0.165 e. The summed E-state index contributed by atoms with van der Waals surface area (Å²) in [4.78, 5) is 13.4. The number of ketones is 1. The average Bonchev–Trinajstić information content (AvgIpc) is 2.94. The molecule has 0 spiro atoms. The van der Waals surface area contributed by atoms with Crippen LogP contribution in [-0.2, 0) is 4.79 Å². The molecule has 0 bridgehead atoms. The summed E-state index contributed by atoms with van der Waals surface area (Å²) in [5.74, 6) is 2.14. The maximum absolute atomic E-state index is 13.4. The van der Waals surface area contributed by atoms with Gasteiger partial charge in [0.05, 0.1) is 6.10 Å². The quantitative estimate of drug-likeness (QED) is 0.514. The van der Waals surface area contributed by atoms with Gasteiger partial charge in [-0.2, -0.15) is 0 Å². The van der Waals surface area contributed by atoms with Crippen molar-refractivity contribution in [3.63, 3.8) is 0 Å². The Kier molecular flexibility index (Phi) is 4.21. The summed E-state index contributed by atoms with van der Waals surface area (Å²) in [7, 11) is 0. The Labute approximate surface area is 168 Å². The van der Waals surface area contributed by atoms with Crippen LogP contribution in [0.5, 0.6) is 0 Å². The molecule has 6 atom stereocenters. The van der Waals surface area contributed by atoms with Crippen molar-refractivity contribution in [3.05, 3.63) is 53.1 Å². The minimum atomic E-state index is -0.183. The van der Waals surface area contributed by atoms with E-state index in [9.17, 15) is 9.90 Å². The molecule has 5 rings (SSSR count). The minimum Gasteiger partial charge on any atom is -0.393 e. The van der Waals surface area contributed by atoms with Crippen LogP contribution in [-0.4, -0.2) is 17.0 Å². The van der Waals surface area contributed by atoms with E-state index in [1.165, 1.54) is 5.57 Å². The zero-order chi connectivity index (χ0) is 19.5. The van der Waals surface area contributed by atoms with Crippen LogP contribution in [0.1, 0.15) is 64.4 Å². The van der Waals surface area contributed by atoms with Gasteiger partial charge in [-0.15, -0.1) is 0 Å². The average molecular weight is 377 g/mol. The molecule has 0 amide bonds. The lowest BCUT2D eigenvalue weighted by atomic mass is 9.48. The minimum absolute atomic E-state index is 0.154. The van der Waals surface area contributed by atoms with Gasteiger partial charge in [-0.25, -0.2) is 0 Å². The van der Waals surface area contributed by atoms with E-state index in [1.54, 1.807) is 0 Å². The molecule has 0 radical (unpaired) electrons. The molecule has 2 nitrogen and oxygen atoms in total. The molecule has 3 fully saturated rings. The SMILES string of the molecule is C[C@]12CC[C@@H](O)CC1=CC[C@@H]1[C@@H]2CC[C@]2(C)C(=O)/C(=C/c3ccccc3)C[C@@H]12. The summed E-state index contributed by atoms with van der Waals surface area (Å²) in [5.41, 5.74) is 3.73. The van der Waals surface area contributed by atoms with Crippen molar-refractivity contribution < 1.29 is 9.90 Å². The number of rotatable bonds is 1. The molecule has 4 aliphatic carbocycles. The summed E-state index contributed by atoms with van der Waals surface area (Å²) < 4.78 is 0. The number of aliphatic hydroxyl groups excluding tert-OH is 1. The number of hydrogen-bond donors (Lipinski definition) is 1. The molecule has 1 aromatic rings. The molecular weight excluding hydrogens is 344 g/mol. The summed E-state index contributed by atoms with van der Waals surface area (Å²) in [6.07, 6.45) is 11.5. The lowest BCUT2D eigenvalue weighted by Crippen LogP contribution is -2.50. The van der Waals surface area contributed by atoms with Gasteiger partial charge >= 0.3 is 0 Å². The van der Waals surface area contributed by atoms with Gasteiger partial charge in [0.15, 0.2) is 5.78 Å². The molecule has 1 aromatic carbocycles. The first-order chi connectivity index (χ1) is 13.4. The molecule has 28 heavy (non-hydrogen) atoms. The van der Waals surface area contributed by atoms with Crippen molar-refractivity contribution in [1.82, 2.24) is 0 Å². The molecule has 3 saturated carbocycles. The number of fused-ring (bicyclic) bond motifs is 5. The van der Waals surface area contributed by atoms with Gasteiger partial charge in [0.1, 0.15) is 0 Å². The molecule has 2 heteroatoms. The predicted molar refractivity (Wildman–Crippen MR) is 113 cm³/mol. The highest BCUT2D eigenvalue weighted by Gasteiger charge is 2.59. The summed E-state index contributed by atoms with van der Waals surface area (Å²) in [6, 6.07) is 10.3. The van der Waals surface area contributed by atoms with Gasteiger partial charge in [-0.05, 0) is 85.3 Å². The summed E-state index contributed by atoms with van der Waals surface area (Å²) in [5, 5.41) is 10.2. The molecule has 1 N–H and O–H groups in total. The number of carbonyl (C=O) groups is 1. The van der Waals surface area contributed by atoms with Crippen LogP contribution in [0.4, 0.5) is 0 Å². The first kappa shape index (κ1) is 18.4. The van der Waals surface area contributed by atoms with Crippen molar-refractivity contribution in [2.24, 2.45) is 28.6 Å². The molecule has 148 valence electrons. The largest absolute Gasteiger partial charge is 0.393 e. The highest BCUT2D eigenvalue weighted by atomic mass is 16.3. The Morgan fingerprint density at radius 1 is 1.00 bits per heavy atom. The molecule has 4 aliphatic rings. The van der Waals surface area contributed by atoms with Crippen LogP contribution in [0.25, 0.3) is 6.08 Å². The zero-order valence-corrected chi connectivity index (χ0v) is 17.2. The summed E-state index contributed by atoms with van der Waals surface area (Å²) in [6.45, 7) is 4.69. The maximum atomic E-state index is 13.4. The third-order valence-electron chi connectivity index (χ3n) is 8.86. The lowest BCUT2D eigenvalue weighted by Gasteiger charge is -2.56. The number of benzene rings is 1. The van der Waals surface area contributed by atoms with Gasteiger partial charge in [0, 0.05) is 5.41 Å². The van der Waals surface area contributed by atoms with E-state index in [0.717, 1.165) is 56.1 Å². The highest BCUT2D eigenvalue weighted by Crippen LogP contribution is 2.64. The number of hydrogen-bond acceptors (Lipinski definition) is 2. The van der Waals surface area contributed by atoms with Gasteiger partial charge in [-0.1, -0.05) is 55.8 Å². The third-order valence-corrected chi connectivity index (χ3v) is 8.86. The Morgan fingerprint density at radius 3 is 2.54 bits per heavy atom. The van der Waals surface area contributed by atoms with E-state index >= 15 is 0 Å². The number of Topliss-reactive ketones (excluding diaryl/α,β-unsaturated/α-hetero) is 1. The first-order valence-corrected chi connectivity index (χ1v) is 11.1. The third kappa shape index (κ3) is 2.60. The molecule has 0 aromatic heterocycles. The van der Waals surface area contributed by atoms with Crippen LogP contribution in [0.2, 0.25) is 0 Å². The zero-order valence-electron chi connectivity index (χ0n) is 17.2. The van der Waals surface area contributed by atoms with Crippen molar-refractivity contribution in [2.75, 3.05) is 0 Å². The lowest BCUT2D eigenvalue weighted by molar-refractivity contribution is -0.130. The van der Waals surface area contributed by atoms with Crippen LogP contribution < -0.4 is 0 Å². The molecule has 0 heterocycles. The van der Waals surface area contributed by atoms with E-state index in [4.69, 9.17) is 0 Å². The van der Waals surface area contributed by atoms with Crippen LogP contribution in [0, 0.1) is 28.6 Å². The second-order valence-electron chi connectivity index (χ2n) is 10.2. The summed E-state index contributed by atoms with van der Waals surface area (Å²) >= 11 is 0. The molecule has 0 unspecified atom stereocenters. The number of carbonyl (C=O) groups excluding carboxylic acids is 1. The van der Waals surface area contributed by atoms with Gasteiger partial charge in [0.25, 0.3) is 0 Å². The van der Waals surface area contributed by atoms with E-state index in [0.29, 0.717) is 23.5 Å². The Hall–Kier alpha value is -1.67. The monoisotopic (exact) mass is 376 g/mol. The Bertz CT molecular complexity index is 850. The van der Waals surface area contributed by atoms with E-state index in [1.807, 2.05) is 18.2 Å². The molecule has 0 saturated heterocycles. The number of allylic oxidation sites excluding steroid dienone is 2. The Balaban J connectivity index is 1.48. The van der Waals surface area contributed by atoms with Crippen LogP contribution in [0.3, 0.4) is 0 Å². The second kappa shape index (κ2) is 6.42. The Morgan fingerprint density at radius 2 is 1.75 bits per heavy atom.